The Morgan fingerprint density at radius 1 is 1.15 bits per heavy atom. The van der Waals surface area contributed by atoms with Crippen LogP contribution < -0.4 is 5.32 Å². The fourth-order valence-corrected chi connectivity index (χ4v) is 2.95. The number of rotatable bonds is 4. The van der Waals surface area contributed by atoms with E-state index in [-0.39, 0.29) is 0 Å². The van der Waals surface area contributed by atoms with E-state index in [0.717, 1.165) is 5.92 Å². The van der Waals surface area contributed by atoms with Gasteiger partial charge in [0, 0.05) is 24.5 Å². The highest BCUT2D eigenvalue weighted by Crippen LogP contribution is 2.37. The second-order valence-electron chi connectivity index (χ2n) is 5.95. The Morgan fingerprint density at radius 2 is 1.90 bits per heavy atom. The summed E-state index contributed by atoms with van der Waals surface area (Å²) in [4.78, 5) is 4.19. The summed E-state index contributed by atoms with van der Waals surface area (Å²) in [6, 6.07) is 14.2. The second kappa shape index (κ2) is 5.76. The lowest BCUT2D eigenvalue weighted by Crippen LogP contribution is -2.41. The summed E-state index contributed by atoms with van der Waals surface area (Å²) >= 11 is 0. The predicted molar refractivity (Wildman–Crippen MR) is 82.7 cm³/mol. The number of pyridine rings is 1. The fourth-order valence-electron chi connectivity index (χ4n) is 2.95. The molecule has 0 bridgehead atoms. The number of nitrogens with one attached hydrogen (secondary N) is 1. The van der Waals surface area contributed by atoms with Crippen molar-refractivity contribution >= 4 is 0 Å². The lowest BCUT2D eigenvalue weighted by molar-refractivity contribution is 0.271. The molecule has 104 valence electrons. The van der Waals surface area contributed by atoms with Gasteiger partial charge in [0.2, 0.25) is 0 Å². The maximum absolute atomic E-state index is 4.19. The van der Waals surface area contributed by atoms with E-state index in [4.69, 9.17) is 0 Å². The van der Waals surface area contributed by atoms with Gasteiger partial charge in [-0.2, -0.15) is 0 Å². The Morgan fingerprint density at radius 3 is 2.55 bits per heavy atom. The van der Waals surface area contributed by atoms with E-state index in [1.54, 1.807) is 0 Å². The second-order valence-corrected chi connectivity index (χ2v) is 5.95. The molecule has 1 aromatic heterocycles. The molecule has 0 spiro atoms. The summed E-state index contributed by atoms with van der Waals surface area (Å²) in [5.74, 6) is 0.731. The van der Waals surface area contributed by atoms with Gasteiger partial charge in [-0.05, 0) is 49.8 Å². The van der Waals surface area contributed by atoms with Gasteiger partial charge in [0.05, 0.1) is 0 Å². The Kier molecular flexibility index (Phi) is 3.83. The number of aryl methyl sites for hydroxylation is 1. The van der Waals surface area contributed by atoms with Crippen molar-refractivity contribution in [2.45, 2.75) is 44.7 Å². The number of aromatic nitrogens is 1. The molecule has 1 atom stereocenters. The van der Waals surface area contributed by atoms with Crippen LogP contribution in [0.5, 0.6) is 0 Å². The number of hydrogen-bond donors (Lipinski definition) is 1. The van der Waals surface area contributed by atoms with Gasteiger partial charge in [0.15, 0.2) is 0 Å². The molecule has 1 unspecified atom stereocenters. The molecule has 1 saturated carbocycles. The van der Waals surface area contributed by atoms with Crippen LogP contribution in [0.1, 0.15) is 48.4 Å². The van der Waals surface area contributed by atoms with Crippen molar-refractivity contribution in [3.05, 3.63) is 65.5 Å². The maximum atomic E-state index is 4.19. The van der Waals surface area contributed by atoms with Crippen molar-refractivity contribution in [3.63, 3.8) is 0 Å². The van der Waals surface area contributed by atoms with Crippen LogP contribution in [0, 0.1) is 6.92 Å². The summed E-state index contributed by atoms with van der Waals surface area (Å²) in [5, 5.41) is 3.70. The standard InChI is InChI=1S/C18H22N2/c1-13-5-7-15(8-6-13)17-10-18(11-17)20-14(2)16-4-3-9-19-12-16/h3-9,12,14,17-18,20H,10-11H2,1-2H3. The fraction of sp³-hybridized carbons (Fsp3) is 0.389. The van der Waals surface area contributed by atoms with Crippen molar-refractivity contribution in [2.75, 3.05) is 0 Å². The van der Waals surface area contributed by atoms with E-state index in [2.05, 4.69) is 54.5 Å². The Hall–Kier alpha value is -1.67. The topological polar surface area (TPSA) is 24.9 Å². The molecule has 2 heteroatoms. The number of nitrogens with zero attached hydrogens (tertiary/aromatic N) is 1. The largest absolute Gasteiger partial charge is 0.307 e. The first-order valence-corrected chi connectivity index (χ1v) is 7.45. The van der Waals surface area contributed by atoms with E-state index in [1.807, 2.05) is 18.5 Å². The zero-order valence-electron chi connectivity index (χ0n) is 12.2. The van der Waals surface area contributed by atoms with E-state index in [1.165, 1.54) is 29.5 Å². The normalized spacial score (nSPS) is 23.1. The third-order valence-electron chi connectivity index (χ3n) is 4.36. The molecule has 1 N–H and O–H groups in total. The smallest absolute Gasteiger partial charge is 0.0315 e. The zero-order valence-corrected chi connectivity index (χ0v) is 12.2. The quantitative estimate of drug-likeness (QED) is 0.905. The predicted octanol–water partition coefficient (Wildman–Crippen LogP) is 3.99. The molecule has 0 radical (unpaired) electrons. The third kappa shape index (κ3) is 2.91. The summed E-state index contributed by atoms with van der Waals surface area (Å²) in [6.45, 7) is 4.36. The summed E-state index contributed by atoms with van der Waals surface area (Å²) in [7, 11) is 0. The first kappa shape index (κ1) is 13.3. The molecule has 1 aliphatic carbocycles. The minimum atomic E-state index is 0.382. The van der Waals surface area contributed by atoms with Crippen LogP contribution in [0.25, 0.3) is 0 Å². The average molecular weight is 266 g/mol. The lowest BCUT2D eigenvalue weighted by Gasteiger charge is -2.38. The van der Waals surface area contributed by atoms with Crippen LogP contribution in [0.2, 0.25) is 0 Å². The lowest BCUT2D eigenvalue weighted by atomic mass is 9.75. The maximum Gasteiger partial charge on any atom is 0.0315 e. The SMILES string of the molecule is Cc1ccc(C2CC(NC(C)c3cccnc3)C2)cc1. The molecule has 2 aromatic rings. The van der Waals surface area contributed by atoms with Gasteiger partial charge in [-0.15, -0.1) is 0 Å². The molecular formula is C18H22N2. The molecule has 2 nitrogen and oxygen atoms in total. The Labute approximate surface area is 121 Å². The summed E-state index contributed by atoms with van der Waals surface area (Å²) in [5.41, 5.74) is 4.10. The Bertz CT molecular complexity index is 541. The van der Waals surface area contributed by atoms with Gasteiger partial charge in [-0.25, -0.2) is 0 Å². The average Bonchev–Trinajstić information content (AvgIpc) is 2.44. The first-order valence-electron chi connectivity index (χ1n) is 7.45. The van der Waals surface area contributed by atoms with E-state index >= 15 is 0 Å². The molecule has 3 rings (SSSR count). The van der Waals surface area contributed by atoms with Crippen LogP contribution in [0.3, 0.4) is 0 Å². The molecule has 1 aromatic carbocycles. The van der Waals surface area contributed by atoms with Crippen molar-refractivity contribution in [3.8, 4) is 0 Å². The van der Waals surface area contributed by atoms with Crippen molar-refractivity contribution in [1.29, 1.82) is 0 Å². The van der Waals surface area contributed by atoms with Gasteiger partial charge in [0.25, 0.3) is 0 Å². The molecule has 0 aliphatic heterocycles. The summed E-state index contributed by atoms with van der Waals surface area (Å²) < 4.78 is 0. The van der Waals surface area contributed by atoms with E-state index in [0.29, 0.717) is 12.1 Å². The van der Waals surface area contributed by atoms with Crippen molar-refractivity contribution in [2.24, 2.45) is 0 Å². The molecule has 1 heterocycles. The van der Waals surface area contributed by atoms with E-state index in [9.17, 15) is 0 Å². The van der Waals surface area contributed by atoms with Gasteiger partial charge in [-0.3, -0.25) is 4.98 Å². The molecule has 1 aliphatic rings. The van der Waals surface area contributed by atoms with Gasteiger partial charge < -0.3 is 5.32 Å². The molecular weight excluding hydrogens is 244 g/mol. The van der Waals surface area contributed by atoms with Gasteiger partial charge in [0.1, 0.15) is 0 Å². The number of hydrogen-bond acceptors (Lipinski definition) is 2. The van der Waals surface area contributed by atoms with Crippen molar-refractivity contribution in [1.82, 2.24) is 10.3 Å². The van der Waals surface area contributed by atoms with Crippen LogP contribution in [-0.2, 0) is 0 Å². The molecule has 0 saturated heterocycles. The van der Waals surface area contributed by atoms with E-state index < -0.39 is 0 Å². The van der Waals surface area contributed by atoms with Gasteiger partial charge >= 0.3 is 0 Å². The molecule has 0 amide bonds. The first-order chi connectivity index (χ1) is 9.72. The zero-order chi connectivity index (χ0) is 13.9. The van der Waals surface area contributed by atoms with Crippen LogP contribution >= 0.6 is 0 Å². The minimum Gasteiger partial charge on any atom is -0.307 e. The highest BCUT2D eigenvalue weighted by Gasteiger charge is 2.30. The highest BCUT2D eigenvalue weighted by molar-refractivity contribution is 5.27. The van der Waals surface area contributed by atoms with Crippen LogP contribution in [0.4, 0.5) is 0 Å². The van der Waals surface area contributed by atoms with Gasteiger partial charge in [-0.1, -0.05) is 35.9 Å². The minimum absolute atomic E-state index is 0.382. The monoisotopic (exact) mass is 266 g/mol. The van der Waals surface area contributed by atoms with Crippen LogP contribution in [0.15, 0.2) is 48.8 Å². The number of benzene rings is 1. The summed E-state index contributed by atoms with van der Waals surface area (Å²) in [6.07, 6.45) is 6.27. The highest BCUT2D eigenvalue weighted by atomic mass is 15.0. The molecule has 20 heavy (non-hydrogen) atoms. The molecule has 1 fully saturated rings. The van der Waals surface area contributed by atoms with Crippen LogP contribution in [-0.4, -0.2) is 11.0 Å². The van der Waals surface area contributed by atoms with Crippen molar-refractivity contribution < 1.29 is 0 Å². The Balaban J connectivity index is 1.52. The third-order valence-corrected chi connectivity index (χ3v) is 4.36.